The van der Waals surface area contributed by atoms with Crippen LogP contribution in [0.25, 0.3) is 10.2 Å². The standard InChI is InChI=1S/C20H23N3OS/c1-15-10-11-17-18(14-15)25-20(21-17)23(13-7-12-22(2)3)19(24)16-8-5-4-6-9-16/h4-6,8-11,14H,7,12-13H2,1-3H3/p+1. The molecule has 0 saturated carbocycles. The Morgan fingerprint density at radius 3 is 2.64 bits per heavy atom. The van der Waals surface area contributed by atoms with Gasteiger partial charge in [0.1, 0.15) is 0 Å². The molecule has 0 saturated heterocycles. The highest BCUT2D eigenvalue weighted by molar-refractivity contribution is 7.22. The van der Waals surface area contributed by atoms with Gasteiger partial charge in [-0.1, -0.05) is 35.6 Å². The van der Waals surface area contributed by atoms with E-state index in [4.69, 9.17) is 4.98 Å². The third-order valence-electron chi connectivity index (χ3n) is 4.09. The predicted octanol–water partition coefficient (Wildman–Crippen LogP) is 2.79. The van der Waals surface area contributed by atoms with Gasteiger partial charge in [-0.3, -0.25) is 9.69 Å². The molecular weight excluding hydrogens is 330 g/mol. The fourth-order valence-corrected chi connectivity index (χ4v) is 3.83. The van der Waals surface area contributed by atoms with Crippen molar-refractivity contribution < 1.29 is 9.69 Å². The molecule has 0 unspecified atom stereocenters. The molecule has 0 bridgehead atoms. The summed E-state index contributed by atoms with van der Waals surface area (Å²) in [7, 11) is 4.26. The van der Waals surface area contributed by atoms with Gasteiger partial charge in [-0.15, -0.1) is 0 Å². The second-order valence-electron chi connectivity index (χ2n) is 6.60. The zero-order valence-corrected chi connectivity index (χ0v) is 15.8. The van der Waals surface area contributed by atoms with Crippen LogP contribution in [0.1, 0.15) is 22.3 Å². The number of hydrogen-bond donors (Lipinski definition) is 1. The van der Waals surface area contributed by atoms with Gasteiger partial charge in [-0.25, -0.2) is 4.98 Å². The highest BCUT2D eigenvalue weighted by atomic mass is 32.1. The zero-order chi connectivity index (χ0) is 17.8. The monoisotopic (exact) mass is 354 g/mol. The third-order valence-corrected chi connectivity index (χ3v) is 5.13. The summed E-state index contributed by atoms with van der Waals surface area (Å²) >= 11 is 1.59. The van der Waals surface area contributed by atoms with Crippen LogP contribution in [0.3, 0.4) is 0 Å². The number of carbonyl (C=O) groups is 1. The summed E-state index contributed by atoms with van der Waals surface area (Å²) in [5.74, 6) is 0.0186. The number of amides is 1. The minimum atomic E-state index is 0.0186. The first-order valence-electron chi connectivity index (χ1n) is 8.58. The summed E-state index contributed by atoms with van der Waals surface area (Å²) in [5, 5.41) is 0.781. The van der Waals surface area contributed by atoms with E-state index in [1.807, 2.05) is 41.3 Å². The topological polar surface area (TPSA) is 37.6 Å². The molecule has 0 fully saturated rings. The van der Waals surface area contributed by atoms with Gasteiger partial charge in [0.15, 0.2) is 5.13 Å². The van der Waals surface area contributed by atoms with Gasteiger partial charge in [-0.05, 0) is 36.8 Å². The van der Waals surface area contributed by atoms with Gasteiger partial charge >= 0.3 is 0 Å². The number of nitrogens with one attached hydrogen (secondary N) is 1. The minimum absolute atomic E-state index is 0.0186. The SMILES string of the molecule is Cc1ccc2nc(N(CCC[NH+](C)C)C(=O)c3ccccc3)sc2c1. The molecule has 5 heteroatoms. The average Bonchev–Trinajstić information content (AvgIpc) is 3.01. The van der Waals surface area contributed by atoms with Crippen LogP contribution in [-0.2, 0) is 0 Å². The van der Waals surface area contributed by atoms with E-state index in [-0.39, 0.29) is 5.91 Å². The molecule has 0 spiro atoms. The largest absolute Gasteiger partial charge is 0.340 e. The Bertz CT molecular complexity index is 858. The lowest BCUT2D eigenvalue weighted by atomic mass is 10.2. The van der Waals surface area contributed by atoms with Crippen molar-refractivity contribution in [1.29, 1.82) is 0 Å². The van der Waals surface area contributed by atoms with Gasteiger partial charge in [0.25, 0.3) is 5.91 Å². The van der Waals surface area contributed by atoms with Crippen LogP contribution in [0.15, 0.2) is 48.5 Å². The van der Waals surface area contributed by atoms with Crippen molar-refractivity contribution in [2.24, 2.45) is 0 Å². The number of thiazole rings is 1. The molecule has 1 aromatic heterocycles. The molecule has 0 radical (unpaired) electrons. The second-order valence-corrected chi connectivity index (χ2v) is 7.61. The van der Waals surface area contributed by atoms with Crippen molar-refractivity contribution in [3.63, 3.8) is 0 Å². The number of aromatic nitrogens is 1. The Balaban J connectivity index is 1.92. The van der Waals surface area contributed by atoms with E-state index in [9.17, 15) is 4.79 Å². The van der Waals surface area contributed by atoms with E-state index < -0.39 is 0 Å². The van der Waals surface area contributed by atoms with Crippen LogP contribution < -0.4 is 9.80 Å². The number of benzene rings is 2. The number of fused-ring (bicyclic) bond motifs is 1. The van der Waals surface area contributed by atoms with Crippen molar-refractivity contribution in [1.82, 2.24) is 4.98 Å². The summed E-state index contributed by atoms with van der Waals surface area (Å²) in [5.41, 5.74) is 2.87. The molecule has 0 aliphatic carbocycles. The number of aryl methyl sites for hydroxylation is 1. The molecule has 1 heterocycles. The van der Waals surface area contributed by atoms with Crippen LogP contribution in [-0.4, -0.2) is 38.1 Å². The molecule has 130 valence electrons. The van der Waals surface area contributed by atoms with Crippen molar-refractivity contribution in [2.75, 3.05) is 32.1 Å². The summed E-state index contributed by atoms with van der Waals surface area (Å²) in [6, 6.07) is 15.7. The van der Waals surface area contributed by atoms with E-state index >= 15 is 0 Å². The first kappa shape index (κ1) is 17.6. The van der Waals surface area contributed by atoms with Gasteiger partial charge in [-0.2, -0.15) is 0 Å². The van der Waals surface area contributed by atoms with Crippen LogP contribution >= 0.6 is 11.3 Å². The second kappa shape index (κ2) is 7.76. The smallest absolute Gasteiger partial charge is 0.260 e. The molecule has 25 heavy (non-hydrogen) atoms. The maximum Gasteiger partial charge on any atom is 0.260 e. The molecule has 2 aromatic carbocycles. The lowest BCUT2D eigenvalue weighted by molar-refractivity contribution is -0.858. The number of nitrogens with zero attached hydrogens (tertiary/aromatic N) is 2. The van der Waals surface area contributed by atoms with E-state index in [0.717, 1.165) is 28.3 Å². The van der Waals surface area contributed by atoms with Crippen molar-refractivity contribution in [2.45, 2.75) is 13.3 Å². The number of rotatable bonds is 6. The Morgan fingerprint density at radius 2 is 1.92 bits per heavy atom. The van der Waals surface area contributed by atoms with Gasteiger partial charge < -0.3 is 4.90 Å². The first-order chi connectivity index (χ1) is 12.0. The summed E-state index contributed by atoms with van der Waals surface area (Å²) in [4.78, 5) is 21.0. The minimum Gasteiger partial charge on any atom is -0.340 e. The Kier molecular flexibility index (Phi) is 5.46. The molecular formula is C20H24N3OS+. The average molecular weight is 354 g/mol. The van der Waals surface area contributed by atoms with Crippen LogP contribution in [0.4, 0.5) is 5.13 Å². The predicted molar refractivity (Wildman–Crippen MR) is 105 cm³/mol. The number of anilines is 1. The lowest BCUT2D eigenvalue weighted by Gasteiger charge is -2.20. The number of quaternary nitrogens is 1. The summed E-state index contributed by atoms with van der Waals surface area (Å²) in [6.45, 7) is 3.77. The van der Waals surface area contributed by atoms with Gasteiger partial charge in [0.05, 0.1) is 30.9 Å². The Morgan fingerprint density at radius 1 is 1.16 bits per heavy atom. The van der Waals surface area contributed by atoms with Gasteiger partial charge in [0, 0.05) is 18.5 Å². The van der Waals surface area contributed by atoms with Crippen molar-refractivity contribution in [3.05, 3.63) is 59.7 Å². The molecule has 0 aliphatic heterocycles. The highest BCUT2D eigenvalue weighted by Crippen LogP contribution is 2.30. The highest BCUT2D eigenvalue weighted by Gasteiger charge is 2.21. The van der Waals surface area contributed by atoms with E-state index in [1.54, 1.807) is 11.3 Å². The van der Waals surface area contributed by atoms with E-state index in [2.05, 4.69) is 33.2 Å². The molecule has 0 aliphatic rings. The van der Waals surface area contributed by atoms with Crippen LogP contribution in [0, 0.1) is 6.92 Å². The molecule has 3 rings (SSSR count). The van der Waals surface area contributed by atoms with E-state index in [0.29, 0.717) is 12.1 Å². The van der Waals surface area contributed by atoms with Crippen LogP contribution in [0.2, 0.25) is 0 Å². The first-order valence-corrected chi connectivity index (χ1v) is 9.39. The maximum absolute atomic E-state index is 13.1. The molecule has 1 amide bonds. The maximum atomic E-state index is 13.1. The number of carbonyl (C=O) groups excluding carboxylic acids is 1. The summed E-state index contributed by atoms with van der Waals surface area (Å²) in [6.07, 6.45) is 0.940. The van der Waals surface area contributed by atoms with Crippen molar-refractivity contribution >= 4 is 32.6 Å². The number of hydrogen-bond acceptors (Lipinski definition) is 3. The van der Waals surface area contributed by atoms with Crippen LogP contribution in [0.5, 0.6) is 0 Å². The summed E-state index contributed by atoms with van der Waals surface area (Å²) < 4.78 is 1.12. The normalized spacial score (nSPS) is 11.2. The molecule has 4 nitrogen and oxygen atoms in total. The molecule has 3 aromatic rings. The molecule has 0 atom stereocenters. The third kappa shape index (κ3) is 4.24. The lowest BCUT2D eigenvalue weighted by Crippen LogP contribution is -3.05. The Hall–Kier alpha value is -2.24. The van der Waals surface area contributed by atoms with Crippen molar-refractivity contribution in [3.8, 4) is 0 Å². The Labute approximate surface area is 152 Å². The fraction of sp³-hybridized carbons (Fsp3) is 0.300. The zero-order valence-electron chi connectivity index (χ0n) is 15.0. The van der Waals surface area contributed by atoms with E-state index in [1.165, 1.54) is 10.5 Å². The fourth-order valence-electron chi connectivity index (χ4n) is 2.75. The quantitative estimate of drug-likeness (QED) is 0.739. The molecule has 1 N–H and O–H groups in total. The van der Waals surface area contributed by atoms with Gasteiger partial charge in [0.2, 0.25) is 0 Å².